The Morgan fingerprint density at radius 2 is 2.29 bits per heavy atom. The van der Waals surface area contributed by atoms with Crippen LogP contribution in [-0.2, 0) is 4.74 Å². The van der Waals surface area contributed by atoms with Crippen molar-refractivity contribution in [3.05, 3.63) is 40.8 Å². The highest BCUT2D eigenvalue weighted by molar-refractivity contribution is 6.34. The minimum Gasteiger partial charge on any atom is -0.502 e. The van der Waals surface area contributed by atoms with E-state index in [-0.39, 0.29) is 16.2 Å². The number of hydrogen-bond donors (Lipinski definition) is 1. The highest BCUT2D eigenvalue weighted by Gasteiger charge is 2.10. The predicted octanol–water partition coefficient (Wildman–Crippen LogP) is 2.67. The number of aromatic nitrogens is 1. The molecule has 1 N–H and O–H groups in total. The van der Waals surface area contributed by atoms with E-state index in [0.29, 0.717) is 25.1 Å². The summed E-state index contributed by atoms with van der Waals surface area (Å²) >= 11 is 11.4. The van der Waals surface area contributed by atoms with Gasteiger partial charge in [-0.3, -0.25) is 4.79 Å². The van der Waals surface area contributed by atoms with Gasteiger partial charge in [0.25, 0.3) is 5.91 Å². The molecule has 0 unspecified atom stereocenters. The summed E-state index contributed by atoms with van der Waals surface area (Å²) in [7, 11) is 0. The van der Waals surface area contributed by atoms with E-state index >= 15 is 0 Å². The maximum atomic E-state index is 11.7. The molecule has 1 heterocycles. The molecule has 0 fully saturated rings. The van der Waals surface area contributed by atoms with Gasteiger partial charge in [0.2, 0.25) is 0 Å². The first kappa shape index (κ1) is 13.8. The van der Waals surface area contributed by atoms with Crippen molar-refractivity contribution in [2.45, 2.75) is 6.42 Å². The SMILES string of the molecule is C=COCCCNC(=O)c1ccc(Cl)nc1Cl. The minimum absolute atomic E-state index is 0.0948. The van der Waals surface area contributed by atoms with Gasteiger partial charge in [-0.15, -0.1) is 0 Å². The van der Waals surface area contributed by atoms with Gasteiger partial charge >= 0.3 is 0 Å². The number of halogens is 2. The molecule has 0 radical (unpaired) electrons. The number of ether oxygens (including phenoxy) is 1. The van der Waals surface area contributed by atoms with Crippen molar-refractivity contribution in [2.24, 2.45) is 0 Å². The Labute approximate surface area is 110 Å². The summed E-state index contributed by atoms with van der Waals surface area (Å²) in [4.78, 5) is 15.5. The molecule has 1 aromatic heterocycles. The molecule has 1 rings (SSSR count). The van der Waals surface area contributed by atoms with Crippen LogP contribution in [0.4, 0.5) is 0 Å². The van der Waals surface area contributed by atoms with Crippen LogP contribution in [-0.4, -0.2) is 24.0 Å². The number of nitrogens with zero attached hydrogens (tertiary/aromatic N) is 1. The van der Waals surface area contributed by atoms with Gasteiger partial charge in [-0.1, -0.05) is 29.8 Å². The van der Waals surface area contributed by atoms with Crippen molar-refractivity contribution in [3.63, 3.8) is 0 Å². The first-order valence-corrected chi connectivity index (χ1v) is 5.73. The Morgan fingerprint density at radius 3 is 2.94 bits per heavy atom. The smallest absolute Gasteiger partial charge is 0.254 e. The molecular weight excluding hydrogens is 263 g/mol. The number of nitrogens with one attached hydrogen (secondary N) is 1. The lowest BCUT2D eigenvalue weighted by Gasteiger charge is -2.06. The fourth-order valence-corrected chi connectivity index (χ4v) is 1.55. The maximum Gasteiger partial charge on any atom is 0.254 e. The molecule has 1 amide bonds. The lowest BCUT2D eigenvalue weighted by molar-refractivity contribution is 0.0950. The summed E-state index contributed by atoms with van der Waals surface area (Å²) in [5, 5.41) is 3.05. The summed E-state index contributed by atoms with van der Waals surface area (Å²) in [5.74, 6) is -0.280. The molecule has 0 saturated carbocycles. The molecule has 0 spiro atoms. The van der Waals surface area contributed by atoms with E-state index in [2.05, 4.69) is 16.9 Å². The molecule has 0 aliphatic heterocycles. The van der Waals surface area contributed by atoms with Crippen LogP contribution in [0.25, 0.3) is 0 Å². The van der Waals surface area contributed by atoms with Gasteiger partial charge in [0.05, 0.1) is 18.4 Å². The lowest BCUT2D eigenvalue weighted by Crippen LogP contribution is -2.25. The second-order valence-electron chi connectivity index (χ2n) is 3.12. The largest absolute Gasteiger partial charge is 0.502 e. The second-order valence-corrected chi connectivity index (χ2v) is 3.86. The number of carbonyl (C=O) groups is 1. The zero-order valence-corrected chi connectivity index (χ0v) is 10.6. The zero-order chi connectivity index (χ0) is 12.7. The third kappa shape index (κ3) is 4.63. The first-order valence-electron chi connectivity index (χ1n) is 4.98. The molecule has 0 aliphatic carbocycles. The minimum atomic E-state index is -0.280. The van der Waals surface area contributed by atoms with Crippen molar-refractivity contribution in [1.82, 2.24) is 10.3 Å². The molecule has 6 heteroatoms. The molecule has 4 nitrogen and oxygen atoms in total. The molecule has 0 aromatic carbocycles. The summed E-state index contributed by atoms with van der Waals surface area (Å²) in [6, 6.07) is 3.05. The third-order valence-electron chi connectivity index (χ3n) is 1.90. The Morgan fingerprint density at radius 1 is 1.53 bits per heavy atom. The average molecular weight is 275 g/mol. The molecular formula is C11H12Cl2N2O2. The fourth-order valence-electron chi connectivity index (χ4n) is 1.12. The van der Waals surface area contributed by atoms with E-state index in [1.54, 1.807) is 0 Å². The van der Waals surface area contributed by atoms with Crippen molar-refractivity contribution in [3.8, 4) is 0 Å². The third-order valence-corrected chi connectivity index (χ3v) is 2.40. The first-order chi connectivity index (χ1) is 8.15. The van der Waals surface area contributed by atoms with Crippen LogP contribution in [0.1, 0.15) is 16.8 Å². The van der Waals surface area contributed by atoms with Gasteiger partial charge in [-0.2, -0.15) is 0 Å². The van der Waals surface area contributed by atoms with Gasteiger partial charge in [0, 0.05) is 6.54 Å². The highest BCUT2D eigenvalue weighted by Crippen LogP contribution is 2.16. The highest BCUT2D eigenvalue weighted by atomic mass is 35.5. The molecule has 1 aromatic rings. The topological polar surface area (TPSA) is 51.2 Å². The summed E-state index contributed by atoms with van der Waals surface area (Å²) < 4.78 is 4.92. The standard InChI is InChI=1S/C11H12Cl2N2O2/c1-2-17-7-3-6-14-11(16)8-4-5-9(12)15-10(8)13/h2,4-5H,1,3,6-7H2,(H,14,16). The number of carbonyl (C=O) groups excluding carboxylic acids is 1. The van der Waals surface area contributed by atoms with Crippen LogP contribution in [0, 0.1) is 0 Å². The molecule has 92 valence electrons. The van der Waals surface area contributed by atoms with Crippen LogP contribution in [0.2, 0.25) is 10.3 Å². The van der Waals surface area contributed by atoms with Gasteiger partial charge < -0.3 is 10.1 Å². The molecule has 0 saturated heterocycles. The Bertz CT molecular complexity index is 410. The van der Waals surface area contributed by atoms with Crippen molar-refractivity contribution in [1.29, 1.82) is 0 Å². The number of hydrogen-bond acceptors (Lipinski definition) is 3. The van der Waals surface area contributed by atoms with Gasteiger partial charge in [-0.05, 0) is 18.6 Å². The van der Waals surface area contributed by atoms with Crippen LogP contribution >= 0.6 is 23.2 Å². The molecule has 17 heavy (non-hydrogen) atoms. The van der Waals surface area contributed by atoms with Crippen LogP contribution in [0.5, 0.6) is 0 Å². The zero-order valence-electron chi connectivity index (χ0n) is 9.08. The van der Waals surface area contributed by atoms with Crippen LogP contribution < -0.4 is 5.32 Å². The second kappa shape index (κ2) is 7.14. The van der Waals surface area contributed by atoms with Gasteiger partial charge in [0.15, 0.2) is 0 Å². The number of rotatable bonds is 6. The fraction of sp³-hybridized carbons (Fsp3) is 0.273. The van der Waals surface area contributed by atoms with E-state index in [0.717, 1.165) is 0 Å². The monoisotopic (exact) mass is 274 g/mol. The molecule has 0 atom stereocenters. The van der Waals surface area contributed by atoms with Gasteiger partial charge in [-0.25, -0.2) is 4.98 Å². The normalized spacial score (nSPS) is 9.76. The lowest BCUT2D eigenvalue weighted by atomic mass is 10.2. The number of amides is 1. The molecule has 0 aliphatic rings. The Balaban J connectivity index is 2.44. The Kier molecular flexibility index (Phi) is 5.80. The summed E-state index contributed by atoms with van der Waals surface area (Å²) in [6.45, 7) is 4.42. The van der Waals surface area contributed by atoms with E-state index in [1.807, 2.05) is 0 Å². The average Bonchev–Trinajstić information content (AvgIpc) is 2.28. The van der Waals surface area contributed by atoms with Crippen LogP contribution in [0.15, 0.2) is 25.0 Å². The van der Waals surface area contributed by atoms with Gasteiger partial charge in [0.1, 0.15) is 10.3 Å². The van der Waals surface area contributed by atoms with Crippen molar-refractivity contribution in [2.75, 3.05) is 13.2 Å². The van der Waals surface area contributed by atoms with E-state index in [9.17, 15) is 4.79 Å². The van der Waals surface area contributed by atoms with E-state index in [1.165, 1.54) is 18.4 Å². The van der Waals surface area contributed by atoms with E-state index < -0.39 is 0 Å². The van der Waals surface area contributed by atoms with Crippen molar-refractivity contribution >= 4 is 29.1 Å². The quantitative estimate of drug-likeness (QED) is 0.493. The molecule has 0 bridgehead atoms. The predicted molar refractivity (Wildman–Crippen MR) is 67.4 cm³/mol. The van der Waals surface area contributed by atoms with Crippen LogP contribution in [0.3, 0.4) is 0 Å². The maximum absolute atomic E-state index is 11.7. The van der Waals surface area contributed by atoms with E-state index in [4.69, 9.17) is 27.9 Å². The summed E-state index contributed by atoms with van der Waals surface area (Å²) in [5.41, 5.74) is 0.306. The Hall–Kier alpha value is -1.26. The van der Waals surface area contributed by atoms with Crippen molar-refractivity contribution < 1.29 is 9.53 Å². The number of pyridine rings is 1. The summed E-state index contributed by atoms with van der Waals surface area (Å²) in [6.07, 6.45) is 2.05.